The molecule has 1 aliphatic heterocycles. The van der Waals surface area contributed by atoms with Crippen molar-refractivity contribution in [1.29, 1.82) is 0 Å². The van der Waals surface area contributed by atoms with Gasteiger partial charge in [-0.25, -0.2) is 9.37 Å². The van der Waals surface area contributed by atoms with Gasteiger partial charge in [0.25, 0.3) is 0 Å². The molecule has 1 saturated heterocycles. The Morgan fingerprint density at radius 1 is 1.05 bits per heavy atom. The van der Waals surface area contributed by atoms with E-state index in [9.17, 15) is 8.78 Å². The molecule has 1 fully saturated rings. The SMILES string of the molecule is Fc1cncc(CN2CCN(c3ccnc(F)c3)CC2)c1. The molecule has 0 aliphatic carbocycles. The van der Waals surface area contributed by atoms with Gasteiger partial charge in [-0.15, -0.1) is 0 Å². The molecule has 1 aliphatic rings. The molecule has 3 heterocycles. The van der Waals surface area contributed by atoms with E-state index in [2.05, 4.69) is 19.8 Å². The van der Waals surface area contributed by atoms with Gasteiger partial charge in [0.05, 0.1) is 6.20 Å². The van der Waals surface area contributed by atoms with Crippen LogP contribution < -0.4 is 4.90 Å². The summed E-state index contributed by atoms with van der Waals surface area (Å²) in [6.45, 7) is 4.00. The van der Waals surface area contributed by atoms with Crippen LogP contribution in [0, 0.1) is 11.8 Å². The number of aromatic nitrogens is 2. The van der Waals surface area contributed by atoms with Crippen LogP contribution in [0.4, 0.5) is 14.5 Å². The van der Waals surface area contributed by atoms with E-state index < -0.39 is 5.95 Å². The molecule has 0 unspecified atom stereocenters. The Balaban J connectivity index is 1.58. The highest BCUT2D eigenvalue weighted by atomic mass is 19.1. The Bertz CT molecular complexity index is 612. The zero-order valence-corrected chi connectivity index (χ0v) is 11.5. The summed E-state index contributed by atoms with van der Waals surface area (Å²) in [5.74, 6) is -0.765. The normalized spacial score (nSPS) is 16.2. The van der Waals surface area contributed by atoms with Crippen molar-refractivity contribution in [2.75, 3.05) is 31.1 Å². The summed E-state index contributed by atoms with van der Waals surface area (Å²) in [5, 5.41) is 0. The summed E-state index contributed by atoms with van der Waals surface area (Å²) in [6.07, 6.45) is 4.38. The molecule has 4 nitrogen and oxygen atoms in total. The fourth-order valence-corrected chi connectivity index (χ4v) is 2.55. The number of anilines is 1. The number of pyridine rings is 2. The topological polar surface area (TPSA) is 32.3 Å². The lowest BCUT2D eigenvalue weighted by molar-refractivity contribution is 0.249. The van der Waals surface area contributed by atoms with Crippen molar-refractivity contribution in [2.24, 2.45) is 0 Å². The Morgan fingerprint density at radius 3 is 2.57 bits per heavy atom. The molecule has 110 valence electrons. The molecular formula is C15H16F2N4. The number of piperazine rings is 1. The highest BCUT2D eigenvalue weighted by Gasteiger charge is 2.18. The minimum atomic E-state index is -0.458. The summed E-state index contributed by atoms with van der Waals surface area (Å²) in [7, 11) is 0. The third-order valence-electron chi connectivity index (χ3n) is 3.62. The van der Waals surface area contributed by atoms with Crippen molar-refractivity contribution >= 4 is 5.69 Å². The first-order chi connectivity index (χ1) is 10.2. The van der Waals surface area contributed by atoms with Gasteiger partial charge >= 0.3 is 0 Å². The molecule has 0 N–H and O–H groups in total. The first-order valence-electron chi connectivity index (χ1n) is 6.89. The molecule has 0 aromatic carbocycles. The van der Waals surface area contributed by atoms with Crippen molar-refractivity contribution in [3.63, 3.8) is 0 Å². The van der Waals surface area contributed by atoms with Gasteiger partial charge in [0.15, 0.2) is 0 Å². The fraction of sp³-hybridized carbons (Fsp3) is 0.333. The summed E-state index contributed by atoms with van der Waals surface area (Å²) < 4.78 is 26.2. The molecule has 0 radical (unpaired) electrons. The Kier molecular flexibility index (Phi) is 4.06. The van der Waals surface area contributed by atoms with Gasteiger partial charge in [-0.1, -0.05) is 0 Å². The maximum Gasteiger partial charge on any atom is 0.214 e. The van der Waals surface area contributed by atoms with E-state index in [1.807, 2.05) is 6.07 Å². The number of halogens is 2. The Morgan fingerprint density at radius 2 is 1.86 bits per heavy atom. The van der Waals surface area contributed by atoms with Gasteiger partial charge in [-0.05, 0) is 17.7 Å². The van der Waals surface area contributed by atoms with E-state index in [0.717, 1.165) is 37.4 Å². The van der Waals surface area contributed by atoms with E-state index in [4.69, 9.17) is 0 Å². The molecule has 0 saturated carbocycles. The van der Waals surface area contributed by atoms with Crippen LogP contribution in [0.25, 0.3) is 0 Å². The molecule has 6 heteroatoms. The molecule has 0 bridgehead atoms. The predicted molar refractivity (Wildman–Crippen MR) is 75.9 cm³/mol. The molecule has 0 amide bonds. The van der Waals surface area contributed by atoms with E-state index in [1.54, 1.807) is 6.20 Å². The minimum absolute atomic E-state index is 0.307. The van der Waals surface area contributed by atoms with Crippen molar-refractivity contribution in [2.45, 2.75) is 6.54 Å². The summed E-state index contributed by atoms with van der Waals surface area (Å²) in [4.78, 5) is 11.8. The van der Waals surface area contributed by atoms with Crippen molar-refractivity contribution in [3.8, 4) is 0 Å². The lowest BCUT2D eigenvalue weighted by Crippen LogP contribution is -2.46. The maximum atomic E-state index is 13.1. The average Bonchev–Trinajstić information content (AvgIpc) is 2.48. The van der Waals surface area contributed by atoms with Crippen LogP contribution in [0.5, 0.6) is 0 Å². The Hall–Kier alpha value is -2.08. The van der Waals surface area contributed by atoms with Crippen LogP contribution in [0.2, 0.25) is 0 Å². The lowest BCUT2D eigenvalue weighted by Gasteiger charge is -2.36. The van der Waals surface area contributed by atoms with Crippen LogP contribution in [0.15, 0.2) is 36.8 Å². The molecule has 2 aromatic rings. The van der Waals surface area contributed by atoms with Crippen LogP contribution >= 0.6 is 0 Å². The zero-order chi connectivity index (χ0) is 14.7. The molecule has 0 spiro atoms. The third-order valence-corrected chi connectivity index (χ3v) is 3.62. The smallest absolute Gasteiger partial charge is 0.214 e. The van der Waals surface area contributed by atoms with Gasteiger partial charge in [-0.2, -0.15) is 4.39 Å². The van der Waals surface area contributed by atoms with Crippen LogP contribution in [-0.4, -0.2) is 41.0 Å². The second-order valence-electron chi connectivity index (χ2n) is 5.11. The quantitative estimate of drug-likeness (QED) is 0.810. The molecular weight excluding hydrogens is 274 g/mol. The van der Waals surface area contributed by atoms with E-state index in [0.29, 0.717) is 6.54 Å². The number of hydrogen-bond acceptors (Lipinski definition) is 4. The molecule has 2 aromatic heterocycles. The van der Waals surface area contributed by atoms with Gasteiger partial charge in [0.1, 0.15) is 5.82 Å². The van der Waals surface area contributed by atoms with Crippen molar-refractivity contribution in [1.82, 2.24) is 14.9 Å². The maximum absolute atomic E-state index is 13.1. The largest absolute Gasteiger partial charge is 0.369 e. The van der Waals surface area contributed by atoms with Crippen molar-refractivity contribution in [3.05, 3.63) is 54.1 Å². The highest BCUT2D eigenvalue weighted by Crippen LogP contribution is 2.17. The van der Waals surface area contributed by atoms with Crippen LogP contribution in [0.3, 0.4) is 0 Å². The number of hydrogen-bond donors (Lipinski definition) is 0. The predicted octanol–water partition coefficient (Wildman–Crippen LogP) is 2.08. The number of nitrogens with zero attached hydrogens (tertiary/aromatic N) is 4. The van der Waals surface area contributed by atoms with E-state index in [1.165, 1.54) is 24.5 Å². The summed E-state index contributed by atoms with van der Waals surface area (Å²) >= 11 is 0. The fourth-order valence-electron chi connectivity index (χ4n) is 2.55. The second-order valence-corrected chi connectivity index (χ2v) is 5.11. The van der Waals surface area contributed by atoms with Crippen LogP contribution in [0.1, 0.15) is 5.56 Å². The zero-order valence-electron chi connectivity index (χ0n) is 11.5. The summed E-state index contributed by atoms with van der Waals surface area (Å²) in [5.41, 5.74) is 1.73. The van der Waals surface area contributed by atoms with E-state index >= 15 is 0 Å². The Labute approximate surface area is 122 Å². The highest BCUT2D eigenvalue weighted by molar-refractivity contribution is 5.45. The number of rotatable bonds is 3. The summed E-state index contributed by atoms with van der Waals surface area (Å²) in [6, 6.07) is 4.78. The first kappa shape index (κ1) is 13.9. The van der Waals surface area contributed by atoms with Gasteiger partial charge in [0.2, 0.25) is 5.95 Å². The average molecular weight is 290 g/mol. The monoisotopic (exact) mass is 290 g/mol. The standard InChI is InChI=1S/C15H16F2N4/c16-13-7-12(9-18-10-13)11-20-3-5-21(6-4-20)14-1-2-19-15(17)8-14/h1-2,7-10H,3-6,11H2. The van der Waals surface area contributed by atoms with Gasteiger partial charge in [0, 0.05) is 56.9 Å². The second kappa shape index (κ2) is 6.13. The molecule has 3 rings (SSSR count). The lowest BCUT2D eigenvalue weighted by atomic mass is 10.2. The molecule has 21 heavy (non-hydrogen) atoms. The first-order valence-corrected chi connectivity index (χ1v) is 6.89. The van der Waals surface area contributed by atoms with Crippen LogP contribution in [-0.2, 0) is 6.54 Å². The third kappa shape index (κ3) is 3.52. The van der Waals surface area contributed by atoms with Gasteiger partial charge < -0.3 is 4.90 Å². The minimum Gasteiger partial charge on any atom is -0.369 e. The van der Waals surface area contributed by atoms with Crippen molar-refractivity contribution < 1.29 is 8.78 Å². The van der Waals surface area contributed by atoms with Gasteiger partial charge in [-0.3, -0.25) is 9.88 Å². The van der Waals surface area contributed by atoms with E-state index in [-0.39, 0.29) is 5.82 Å². The molecule has 0 atom stereocenters.